The summed E-state index contributed by atoms with van der Waals surface area (Å²) in [6.45, 7) is 0.0509. The monoisotopic (exact) mass is 370 g/mol. The minimum Gasteiger partial charge on any atom is -0.492 e. The van der Waals surface area contributed by atoms with Gasteiger partial charge in [-0.05, 0) is 36.4 Å². The highest BCUT2D eigenvalue weighted by molar-refractivity contribution is 9.10. The minimum absolute atomic E-state index is 0.0509. The zero-order chi connectivity index (χ0) is 15.3. The van der Waals surface area contributed by atoms with Crippen molar-refractivity contribution in [2.45, 2.75) is 0 Å². The van der Waals surface area contributed by atoms with Crippen molar-refractivity contribution in [2.24, 2.45) is 0 Å². The molecule has 2 aromatic carbocycles. The standard InChI is InChI=1S/C14H15BrN2O3S/c15-11-4-6-13(7-5-11)17-21(18,19)9-8-20-14-3-1-2-12(16)10-14/h1-7,10,17H,8-9,16H2. The van der Waals surface area contributed by atoms with E-state index in [4.69, 9.17) is 10.5 Å². The third kappa shape index (κ3) is 5.28. The Morgan fingerprint density at radius 2 is 1.86 bits per heavy atom. The normalized spacial score (nSPS) is 11.1. The number of rotatable bonds is 6. The highest BCUT2D eigenvalue weighted by atomic mass is 79.9. The van der Waals surface area contributed by atoms with Gasteiger partial charge in [0, 0.05) is 21.9 Å². The van der Waals surface area contributed by atoms with E-state index in [1.165, 1.54) is 0 Å². The topological polar surface area (TPSA) is 81.4 Å². The number of sulfonamides is 1. The predicted molar refractivity (Wildman–Crippen MR) is 87.9 cm³/mol. The fraction of sp³-hybridized carbons (Fsp3) is 0.143. The number of hydrogen-bond donors (Lipinski definition) is 2. The molecule has 3 N–H and O–H groups in total. The Bertz CT molecular complexity index is 702. The average molecular weight is 371 g/mol. The molecule has 0 radical (unpaired) electrons. The summed E-state index contributed by atoms with van der Waals surface area (Å²) in [5, 5.41) is 0. The first-order valence-electron chi connectivity index (χ1n) is 6.19. The van der Waals surface area contributed by atoms with Crippen LogP contribution >= 0.6 is 15.9 Å². The van der Waals surface area contributed by atoms with Crippen LogP contribution in [0.1, 0.15) is 0 Å². The van der Waals surface area contributed by atoms with Gasteiger partial charge in [-0.2, -0.15) is 0 Å². The van der Waals surface area contributed by atoms with Gasteiger partial charge in [0.2, 0.25) is 10.0 Å². The van der Waals surface area contributed by atoms with Gasteiger partial charge in [-0.3, -0.25) is 4.72 Å². The van der Waals surface area contributed by atoms with Crippen LogP contribution in [-0.4, -0.2) is 20.8 Å². The number of hydrogen-bond acceptors (Lipinski definition) is 4. The van der Waals surface area contributed by atoms with Gasteiger partial charge in [-0.25, -0.2) is 8.42 Å². The Balaban J connectivity index is 1.88. The lowest BCUT2D eigenvalue weighted by Gasteiger charge is -2.09. The van der Waals surface area contributed by atoms with Crippen molar-refractivity contribution < 1.29 is 13.2 Å². The maximum atomic E-state index is 11.9. The number of benzene rings is 2. The van der Waals surface area contributed by atoms with Gasteiger partial charge < -0.3 is 10.5 Å². The maximum absolute atomic E-state index is 11.9. The van der Waals surface area contributed by atoms with E-state index in [-0.39, 0.29) is 12.4 Å². The number of ether oxygens (including phenoxy) is 1. The lowest BCUT2D eigenvalue weighted by atomic mass is 10.3. The molecule has 0 fully saturated rings. The third-order valence-electron chi connectivity index (χ3n) is 2.60. The van der Waals surface area contributed by atoms with Crippen LogP contribution in [-0.2, 0) is 10.0 Å². The number of nitrogens with two attached hydrogens (primary N) is 1. The molecule has 21 heavy (non-hydrogen) atoms. The summed E-state index contributed by atoms with van der Waals surface area (Å²) in [4.78, 5) is 0. The SMILES string of the molecule is Nc1cccc(OCCS(=O)(=O)Nc2ccc(Br)cc2)c1. The van der Waals surface area contributed by atoms with E-state index in [1.54, 1.807) is 48.5 Å². The first-order chi connectivity index (χ1) is 9.94. The van der Waals surface area contributed by atoms with Gasteiger partial charge in [0.15, 0.2) is 0 Å². The molecule has 112 valence electrons. The molecule has 0 amide bonds. The highest BCUT2D eigenvalue weighted by Gasteiger charge is 2.10. The van der Waals surface area contributed by atoms with Crippen LogP contribution in [0.5, 0.6) is 5.75 Å². The molecular formula is C14H15BrN2O3S. The maximum Gasteiger partial charge on any atom is 0.236 e. The highest BCUT2D eigenvalue weighted by Crippen LogP contribution is 2.16. The Morgan fingerprint density at radius 3 is 2.52 bits per heavy atom. The Morgan fingerprint density at radius 1 is 1.14 bits per heavy atom. The van der Waals surface area contributed by atoms with E-state index in [0.717, 1.165) is 4.47 Å². The number of halogens is 1. The smallest absolute Gasteiger partial charge is 0.236 e. The molecular weight excluding hydrogens is 356 g/mol. The van der Waals surface area contributed by atoms with Crippen molar-refractivity contribution in [1.82, 2.24) is 0 Å². The minimum atomic E-state index is -3.45. The second kappa shape index (κ2) is 6.82. The molecule has 0 bridgehead atoms. The van der Waals surface area contributed by atoms with Crippen LogP contribution in [0.25, 0.3) is 0 Å². The number of anilines is 2. The van der Waals surface area contributed by atoms with Crippen LogP contribution in [0.2, 0.25) is 0 Å². The molecule has 0 aliphatic rings. The molecule has 0 aliphatic heterocycles. The molecule has 0 heterocycles. The average Bonchev–Trinajstić information content (AvgIpc) is 2.41. The molecule has 0 aromatic heterocycles. The Kier molecular flexibility index (Phi) is 5.08. The molecule has 0 spiro atoms. The molecule has 0 saturated heterocycles. The summed E-state index contributed by atoms with van der Waals surface area (Å²) in [7, 11) is -3.45. The fourth-order valence-electron chi connectivity index (χ4n) is 1.62. The van der Waals surface area contributed by atoms with Gasteiger partial charge in [-0.15, -0.1) is 0 Å². The first-order valence-corrected chi connectivity index (χ1v) is 8.63. The Hall–Kier alpha value is -1.73. The summed E-state index contributed by atoms with van der Waals surface area (Å²) < 4.78 is 32.6. The van der Waals surface area contributed by atoms with Crippen molar-refractivity contribution in [3.8, 4) is 5.75 Å². The molecule has 0 unspecified atom stereocenters. The van der Waals surface area contributed by atoms with Crippen LogP contribution in [0.3, 0.4) is 0 Å². The largest absolute Gasteiger partial charge is 0.492 e. The molecule has 2 rings (SSSR count). The summed E-state index contributed by atoms with van der Waals surface area (Å²) >= 11 is 3.29. The van der Waals surface area contributed by atoms with E-state index in [0.29, 0.717) is 17.1 Å². The van der Waals surface area contributed by atoms with Gasteiger partial charge >= 0.3 is 0 Å². The quantitative estimate of drug-likeness (QED) is 0.766. The number of nitrogen functional groups attached to an aromatic ring is 1. The molecule has 2 aromatic rings. The van der Waals surface area contributed by atoms with Crippen LogP contribution in [0.4, 0.5) is 11.4 Å². The van der Waals surface area contributed by atoms with E-state index >= 15 is 0 Å². The zero-order valence-corrected chi connectivity index (χ0v) is 13.5. The first kappa shape index (κ1) is 15.7. The van der Waals surface area contributed by atoms with E-state index < -0.39 is 10.0 Å². The van der Waals surface area contributed by atoms with E-state index in [1.807, 2.05) is 0 Å². The number of nitrogens with one attached hydrogen (secondary N) is 1. The Labute approximate surface area is 132 Å². The zero-order valence-electron chi connectivity index (χ0n) is 11.1. The lowest BCUT2D eigenvalue weighted by molar-refractivity contribution is 0.341. The van der Waals surface area contributed by atoms with E-state index in [9.17, 15) is 8.42 Å². The summed E-state index contributed by atoms with van der Waals surface area (Å²) in [6.07, 6.45) is 0. The summed E-state index contributed by atoms with van der Waals surface area (Å²) in [5.74, 6) is 0.409. The molecule has 0 atom stereocenters. The van der Waals surface area contributed by atoms with Crippen molar-refractivity contribution in [2.75, 3.05) is 22.8 Å². The predicted octanol–water partition coefficient (Wildman–Crippen LogP) is 2.85. The van der Waals surface area contributed by atoms with Crippen LogP contribution in [0.15, 0.2) is 53.0 Å². The summed E-state index contributed by atoms with van der Waals surface area (Å²) in [5.41, 5.74) is 6.70. The van der Waals surface area contributed by atoms with Crippen LogP contribution in [0, 0.1) is 0 Å². The van der Waals surface area contributed by atoms with Gasteiger partial charge in [0.05, 0.1) is 0 Å². The second-order valence-electron chi connectivity index (χ2n) is 4.35. The second-order valence-corrected chi connectivity index (χ2v) is 7.11. The van der Waals surface area contributed by atoms with Crippen molar-refractivity contribution in [3.05, 3.63) is 53.0 Å². The van der Waals surface area contributed by atoms with E-state index in [2.05, 4.69) is 20.7 Å². The lowest BCUT2D eigenvalue weighted by Crippen LogP contribution is -2.21. The molecule has 0 aliphatic carbocycles. The van der Waals surface area contributed by atoms with Crippen molar-refractivity contribution in [3.63, 3.8) is 0 Å². The molecule has 7 heteroatoms. The molecule has 0 saturated carbocycles. The molecule has 5 nitrogen and oxygen atoms in total. The van der Waals surface area contributed by atoms with Gasteiger partial charge in [0.25, 0.3) is 0 Å². The van der Waals surface area contributed by atoms with Gasteiger partial charge in [0.1, 0.15) is 18.1 Å². The fourth-order valence-corrected chi connectivity index (χ4v) is 2.79. The third-order valence-corrected chi connectivity index (χ3v) is 4.38. The van der Waals surface area contributed by atoms with Gasteiger partial charge in [-0.1, -0.05) is 22.0 Å². The summed E-state index contributed by atoms with van der Waals surface area (Å²) in [6, 6.07) is 13.8. The van der Waals surface area contributed by atoms with Crippen molar-refractivity contribution in [1.29, 1.82) is 0 Å². The van der Waals surface area contributed by atoms with Crippen molar-refractivity contribution >= 4 is 37.3 Å². The van der Waals surface area contributed by atoms with Crippen LogP contribution < -0.4 is 15.2 Å².